The highest BCUT2D eigenvalue weighted by Gasteiger charge is 2.28. The van der Waals surface area contributed by atoms with E-state index in [1.54, 1.807) is 0 Å². The van der Waals surface area contributed by atoms with E-state index in [1.165, 1.54) is 11.3 Å². The number of hydrogen-bond donors (Lipinski definition) is 2. The van der Waals surface area contributed by atoms with E-state index in [-0.39, 0.29) is 11.9 Å². The molecular formula is C12H17BrN2OS. The van der Waals surface area contributed by atoms with E-state index in [0.717, 1.165) is 22.3 Å². The van der Waals surface area contributed by atoms with E-state index in [9.17, 15) is 4.79 Å². The van der Waals surface area contributed by atoms with Gasteiger partial charge in [0.05, 0.1) is 9.35 Å². The van der Waals surface area contributed by atoms with Gasteiger partial charge in [0.15, 0.2) is 0 Å². The summed E-state index contributed by atoms with van der Waals surface area (Å²) < 4.78 is 0.991. The Labute approximate surface area is 114 Å². The maximum absolute atomic E-state index is 12.1. The Morgan fingerprint density at radius 2 is 2.35 bits per heavy atom. The molecule has 0 radical (unpaired) electrons. The fourth-order valence-electron chi connectivity index (χ4n) is 2.27. The molecule has 1 aliphatic rings. The van der Waals surface area contributed by atoms with Crippen LogP contribution in [0.4, 0.5) is 0 Å². The van der Waals surface area contributed by atoms with Gasteiger partial charge in [-0.1, -0.05) is 6.92 Å². The quantitative estimate of drug-likeness (QED) is 0.880. The average Bonchev–Trinajstić information content (AvgIpc) is 2.70. The summed E-state index contributed by atoms with van der Waals surface area (Å²) in [5, 5.41) is 8.42. The van der Waals surface area contributed by atoms with Crippen LogP contribution in [0.1, 0.15) is 30.6 Å². The zero-order chi connectivity index (χ0) is 12.4. The molecule has 0 spiro atoms. The number of nitrogens with one attached hydrogen (secondary N) is 2. The van der Waals surface area contributed by atoms with E-state index < -0.39 is 0 Å². The molecule has 5 heteroatoms. The minimum absolute atomic E-state index is 0.0272. The first kappa shape index (κ1) is 13.1. The maximum Gasteiger partial charge on any atom is 0.252 e. The molecule has 17 heavy (non-hydrogen) atoms. The van der Waals surface area contributed by atoms with Crippen LogP contribution in [-0.2, 0) is 0 Å². The van der Waals surface area contributed by atoms with Crippen LogP contribution in [-0.4, -0.2) is 24.5 Å². The normalized spacial score (nSPS) is 29.0. The Kier molecular flexibility index (Phi) is 4.22. The predicted octanol–water partition coefficient (Wildman–Crippen LogP) is 2.63. The molecule has 3 nitrogen and oxygen atoms in total. The first-order valence-electron chi connectivity index (χ1n) is 5.86. The Hall–Kier alpha value is -0.390. The zero-order valence-electron chi connectivity index (χ0n) is 10.00. The lowest BCUT2D eigenvalue weighted by Gasteiger charge is -2.35. The zero-order valence-corrected chi connectivity index (χ0v) is 12.4. The van der Waals surface area contributed by atoms with Crippen LogP contribution >= 0.6 is 27.3 Å². The Morgan fingerprint density at radius 1 is 1.59 bits per heavy atom. The van der Waals surface area contributed by atoms with E-state index in [4.69, 9.17) is 0 Å². The molecule has 1 aliphatic heterocycles. The van der Waals surface area contributed by atoms with Gasteiger partial charge >= 0.3 is 0 Å². The Bertz CT molecular complexity index is 397. The minimum Gasteiger partial charge on any atom is -0.347 e. The number of carbonyl (C=O) groups is 1. The summed E-state index contributed by atoms with van der Waals surface area (Å²) in [5.41, 5.74) is 0.742. The van der Waals surface area contributed by atoms with Gasteiger partial charge in [0.1, 0.15) is 0 Å². The molecule has 0 aromatic carbocycles. The molecule has 2 N–H and O–H groups in total. The lowest BCUT2D eigenvalue weighted by Crippen LogP contribution is -2.55. The van der Waals surface area contributed by atoms with Crippen molar-refractivity contribution in [2.45, 2.75) is 32.4 Å². The molecule has 3 atom stereocenters. The van der Waals surface area contributed by atoms with Gasteiger partial charge in [-0.25, -0.2) is 0 Å². The van der Waals surface area contributed by atoms with Crippen molar-refractivity contribution in [2.75, 3.05) is 6.54 Å². The molecule has 2 heterocycles. The lowest BCUT2D eigenvalue weighted by molar-refractivity contribution is 0.0898. The number of piperidine rings is 1. The number of halogens is 1. The number of thiophene rings is 1. The SMILES string of the molecule is CC1CCNC(C)C1NC(=O)c1csc(Br)c1. The van der Waals surface area contributed by atoms with Gasteiger partial charge in [-0.3, -0.25) is 4.79 Å². The van der Waals surface area contributed by atoms with Gasteiger partial charge in [0, 0.05) is 17.5 Å². The standard InChI is InChI=1S/C12H17BrN2OS/c1-7-3-4-14-8(2)11(7)15-12(16)9-5-10(13)17-6-9/h5-8,11,14H,3-4H2,1-2H3,(H,15,16). The summed E-state index contributed by atoms with van der Waals surface area (Å²) in [4.78, 5) is 12.1. The molecule has 0 aliphatic carbocycles. The van der Waals surface area contributed by atoms with Crippen LogP contribution in [0.15, 0.2) is 15.2 Å². The second-order valence-corrected chi connectivity index (χ2v) is 6.94. The van der Waals surface area contributed by atoms with Crippen molar-refractivity contribution < 1.29 is 4.79 Å². The summed E-state index contributed by atoms with van der Waals surface area (Å²) in [6, 6.07) is 2.42. The third-order valence-corrected chi connectivity index (χ3v) is 4.85. The largest absolute Gasteiger partial charge is 0.347 e. The molecule has 0 bridgehead atoms. The highest BCUT2D eigenvalue weighted by Crippen LogP contribution is 2.22. The summed E-state index contributed by atoms with van der Waals surface area (Å²) >= 11 is 4.91. The van der Waals surface area contributed by atoms with Gasteiger partial charge in [-0.15, -0.1) is 11.3 Å². The molecule has 1 fully saturated rings. The molecule has 1 amide bonds. The van der Waals surface area contributed by atoms with Gasteiger partial charge < -0.3 is 10.6 Å². The van der Waals surface area contributed by atoms with Crippen LogP contribution in [0.3, 0.4) is 0 Å². The fourth-order valence-corrected chi connectivity index (χ4v) is 3.41. The summed E-state index contributed by atoms with van der Waals surface area (Å²) in [5.74, 6) is 0.552. The number of carbonyl (C=O) groups excluding carboxylic acids is 1. The molecule has 3 unspecified atom stereocenters. The Balaban J connectivity index is 2.02. The van der Waals surface area contributed by atoms with E-state index >= 15 is 0 Å². The van der Waals surface area contributed by atoms with Gasteiger partial charge in [0.25, 0.3) is 5.91 Å². The van der Waals surface area contributed by atoms with Crippen molar-refractivity contribution in [3.63, 3.8) is 0 Å². The van der Waals surface area contributed by atoms with Gasteiger partial charge in [-0.05, 0) is 47.8 Å². The van der Waals surface area contributed by atoms with Crippen molar-refractivity contribution in [1.29, 1.82) is 0 Å². The van der Waals surface area contributed by atoms with Crippen LogP contribution in [0.2, 0.25) is 0 Å². The van der Waals surface area contributed by atoms with Crippen molar-refractivity contribution in [2.24, 2.45) is 5.92 Å². The molecule has 1 aromatic heterocycles. The molecule has 0 saturated carbocycles. The summed E-state index contributed by atoms with van der Waals surface area (Å²) in [7, 11) is 0. The molecular weight excluding hydrogens is 300 g/mol. The molecule has 1 saturated heterocycles. The molecule has 2 rings (SSSR count). The first-order chi connectivity index (χ1) is 8.08. The number of hydrogen-bond acceptors (Lipinski definition) is 3. The summed E-state index contributed by atoms with van der Waals surface area (Å²) in [6.07, 6.45) is 1.11. The lowest BCUT2D eigenvalue weighted by atomic mass is 9.89. The van der Waals surface area contributed by atoms with Crippen LogP contribution in [0.5, 0.6) is 0 Å². The second kappa shape index (κ2) is 5.50. The number of amides is 1. The molecule has 94 valence electrons. The highest BCUT2D eigenvalue weighted by atomic mass is 79.9. The monoisotopic (exact) mass is 316 g/mol. The third-order valence-electron chi connectivity index (χ3n) is 3.35. The maximum atomic E-state index is 12.1. The molecule has 1 aromatic rings. The average molecular weight is 317 g/mol. The Morgan fingerprint density at radius 3 is 2.94 bits per heavy atom. The minimum atomic E-state index is 0.0272. The van der Waals surface area contributed by atoms with Crippen molar-refractivity contribution in [3.05, 3.63) is 20.8 Å². The van der Waals surface area contributed by atoms with E-state index in [1.807, 2.05) is 11.4 Å². The van der Waals surface area contributed by atoms with Crippen LogP contribution in [0, 0.1) is 5.92 Å². The fraction of sp³-hybridized carbons (Fsp3) is 0.583. The smallest absolute Gasteiger partial charge is 0.252 e. The summed E-state index contributed by atoms with van der Waals surface area (Å²) in [6.45, 7) is 5.37. The van der Waals surface area contributed by atoms with Crippen LogP contribution < -0.4 is 10.6 Å². The van der Waals surface area contributed by atoms with Crippen molar-refractivity contribution in [3.8, 4) is 0 Å². The third kappa shape index (κ3) is 3.09. The van der Waals surface area contributed by atoms with Gasteiger partial charge in [0.2, 0.25) is 0 Å². The number of rotatable bonds is 2. The van der Waals surface area contributed by atoms with Gasteiger partial charge in [-0.2, -0.15) is 0 Å². The van der Waals surface area contributed by atoms with E-state index in [0.29, 0.717) is 12.0 Å². The topological polar surface area (TPSA) is 41.1 Å². The second-order valence-electron chi connectivity index (χ2n) is 4.65. The van der Waals surface area contributed by atoms with E-state index in [2.05, 4.69) is 40.4 Å². The van der Waals surface area contributed by atoms with Crippen molar-refractivity contribution in [1.82, 2.24) is 10.6 Å². The first-order valence-corrected chi connectivity index (χ1v) is 7.53. The van der Waals surface area contributed by atoms with Crippen LogP contribution in [0.25, 0.3) is 0 Å². The highest BCUT2D eigenvalue weighted by molar-refractivity contribution is 9.11. The predicted molar refractivity (Wildman–Crippen MR) is 74.5 cm³/mol. The van der Waals surface area contributed by atoms with Crippen molar-refractivity contribution >= 4 is 33.2 Å².